The van der Waals surface area contributed by atoms with E-state index in [1.165, 1.54) is 17.7 Å². The molecule has 0 amide bonds. The largest absolute Gasteiger partial charge is 0.450 e. The molecule has 3 aromatic rings. The normalized spacial score (nSPS) is 17.0. The summed E-state index contributed by atoms with van der Waals surface area (Å²) in [5.41, 5.74) is 2.19. The third-order valence-electron chi connectivity index (χ3n) is 4.28. The molecular weight excluding hydrogens is 330 g/mol. The molecule has 0 atom stereocenters. The lowest BCUT2D eigenvalue weighted by Crippen LogP contribution is -2.51. The maximum absolute atomic E-state index is 11.9. The fraction of sp³-hybridized carbons (Fsp3) is 0.333. The quantitative estimate of drug-likeness (QED) is 0.759. The number of anilines is 1. The number of benzene rings is 1. The highest BCUT2D eigenvalue weighted by Crippen LogP contribution is 2.32. The molecule has 8 nitrogen and oxygen atoms in total. The third kappa shape index (κ3) is 2.41. The predicted molar refractivity (Wildman–Crippen MR) is 91.1 cm³/mol. The van der Waals surface area contributed by atoms with E-state index in [1.54, 1.807) is 0 Å². The molecule has 0 saturated carbocycles. The first-order chi connectivity index (χ1) is 11.6. The van der Waals surface area contributed by atoms with Gasteiger partial charge in [0.15, 0.2) is 11.4 Å². The number of hydrogen-bond donors (Lipinski definition) is 1. The molecule has 0 bridgehead atoms. The summed E-state index contributed by atoms with van der Waals surface area (Å²) in [6.07, 6.45) is 1.52. The number of aromatic nitrogens is 2. The average molecular weight is 347 g/mol. The van der Waals surface area contributed by atoms with Crippen LogP contribution in [0.4, 0.5) is 5.82 Å². The Bertz CT molecular complexity index is 993. The van der Waals surface area contributed by atoms with Gasteiger partial charge in [0.05, 0.1) is 0 Å². The Hall–Kier alpha value is -2.23. The highest BCUT2D eigenvalue weighted by Gasteiger charge is 2.28. The summed E-state index contributed by atoms with van der Waals surface area (Å²) in [6, 6.07) is 7.73. The first-order valence-electron chi connectivity index (χ1n) is 7.66. The van der Waals surface area contributed by atoms with Crippen LogP contribution >= 0.6 is 0 Å². The van der Waals surface area contributed by atoms with Crippen molar-refractivity contribution >= 4 is 38.1 Å². The van der Waals surface area contributed by atoms with Crippen LogP contribution in [0.25, 0.3) is 22.1 Å². The molecule has 1 N–H and O–H groups in total. The van der Waals surface area contributed by atoms with Gasteiger partial charge < -0.3 is 9.32 Å². The number of furan rings is 1. The summed E-state index contributed by atoms with van der Waals surface area (Å²) in [7, 11) is -1.97. The molecule has 1 fully saturated rings. The van der Waals surface area contributed by atoms with E-state index < -0.39 is 10.2 Å². The van der Waals surface area contributed by atoms with E-state index in [-0.39, 0.29) is 0 Å². The Morgan fingerprint density at radius 1 is 1.12 bits per heavy atom. The summed E-state index contributed by atoms with van der Waals surface area (Å²) in [5.74, 6) is 0.706. The van der Waals surface area contributed by atoms with Gasteiger partial charge in [-0.3, -0.25) is 0 Å². The second kappa shape index (κ2) is 5.69. The van der Waals surface area contributed by atoms with E-state index in [1.807, 2.05) is 29.2 Å². The van der Waals surface area contributed by atoms with E-state index in [0.717, 1.165) is 16.5 Å². The van der Waals surface area contributed by atoms with Gasteiger partial charge in [0.2, 0.25) is 0 Å². The van der Waals surface area contributed by atoms with Gasteiger partial charge in [-0.2, -0.15) is 12.7 Å². The molecule has 126 valence electrons. The van der Waals surface area contributed by atoms with Crippen LogP contribution in [0.15, 0.2) is 35.0 Å². The predicted octanol–water partition coefficient (Wildman–Crippen LogP) is 0.962. The van der Waals surface area contributed by atoms with Gasteiger partial charge >= 0.3 is 0 Å². The maximum atomic E-state index is 11.9. The third-order valence-corrected chi connectivity index (χ3v) is 5.84. The maximum Gasteiger partial charge on any atom is 0.279 e. The Labute approximate surface area is 139 Å². The second-order valence-corrected chi connectivity index (χ2v) is 7.44. The first-order valence-corrected chi connectivity index (χ1v) is 9.10. The number of rotatable bonds is 3. The molecule has 24 heavy (non-hydrogen) atoms. The van der Waals surface area contributed by atoms with Crippen molar-refractivity contribution in [1.82, 2.24) is 19.0 Å². The summed E-state index contributed by atoms with van der Waals surface area (Å²) in [6.45, 7) is 1.89. The van der Waals surface area contributed by atoms with Crippen LogP contribution in [0.1, 0.15) is 0 Å². The van der Waals surface area contributed by atoms with E-state index >= 15 is 0 Å². The molecule has 1 aromatic carbocycles. The standard InChI is InChI=1S/C15H17N5O3S/c1-16-24(21,22)20-8-6-19(7-9-20)15-14-13(17-10-18-15)11-4-2-3-5-12(11)23-14/h2-5,10,16H,6-9H2,1H3. The zero-order chi connectivity index (χ0) is 16.7. The van der Waals surface area contributed by atoms with Gasteiger partial charge in [-0.1, -0.05) is 12.1 Å². The SMILES string of the molecule is CNS(=O)(=O)N1CCN(c2ncnc3c2oc2ccccc23)CC1. The van der Waals surface area contributed by atoms with E-state index in [0.29, 0.717) is 37.6 Å². The van der Waals surface area contributed by atoms with Crippen LogP contribution in [0, 0.1) is 0 Å². The molecule has 1 saturated heterocycles. The van der Waals surface area contributed by atoms with Crippen molar-refractivity contribution in [2.75, 3.05) is 38.1 Å². The average Bonchev–Trinajstić information content (AvgIpc) is 3.00. The lowest BCUT2D eigenvalue weighted by atomic mass is 10.2. The van der Waals surface area contributed by atoms with Crippen molar-refractivity contribution in [3.63, 3.8) is 0 Å². The van der Waals surface area contributed by atoms with Gasteiger partial charge in [0.25, 0.3) is 10.2 Å². The minimum absolute atomic E-state index is 0.398. The van der Waals surface area contributed by atoms with Gasteiger partial charge in [-0.25, -0.2) is 14.7 Å². The lowest BCUT2D eigenvalue weighted by molar-refractivity contribution is 0.379. The lowest BCUT2D eigenvalue weighted by Gasteiger charge is -2.34. The van der Waals surface area contributed by atoms with Crippen LogP contribution in [0.2, 0.25) is 0 Å². The zero-order valence-electron chi connectivity index (χ0n) is 13.1. The van der Waals surface area contributed by atoms with Crippen molar-refractivity contribution in [3.8, 4) is 0 Å². The summed E-state index contributed by atoms with van der Waals surface area (Å²) < 4.78 is 33.5. The minimum Gasteiger partial charge on any atom is -0.450 e. The number of nitrogens with one attached hydrogen (secondary N) is 1. The molecule has 0 spiro atoms. The highest BCUT2D eigenvalue weighted by molar-refractivity contribution is 7.87. The van der Waals surface area contributed by atoms with E-state index in [4.69, 9.17) is 4.42 Å². The van der Waals surface area contributed by atoms with Crippen molar-refractivity contribution in [3.05, 3.63) is 30.6 Å². The topological polar surface area (TPSA) is 91.6 Å². The van der Waals surface area contributed by atoms with Gasteiger partial charge in [0, 0.05) is 38.6 Å². The van der Waals surface area contributed by atoms with Crippen LogP contribution in [-0.2, 0) is 10.2 Å². The summed E-state index contributed by atoms with van der Waals surface area (Å²) in [5, 5.41) is 0.951. The fourth-order valence-electron chi connectivity index (χ4n) is 3.01. The number of piperazine rings is 1. The van der Waals surface area contributed by atoms with E-state index in [2.05, 4.69) is 14.7 Å². The molecule has 1 aliphatic heterocycles. The zero-order valence-corrected chi connectivity index (χ0v) is 14.0. The van der Waals surface area contributed by atoms with Crippen molar-refractivity contribution in [2.24, 2.45) is 0 Å². The van der Waals surface area contributed by atoms with Gasteiger partial charge in [0.1, 0.15) is 17.4 Å². The second-order valence-electron chi connectivity index (χ2n) is 5.57. The van der Waals surface area contributed by atoms with Crippen molar-refractivity contribution in [1.29, 1.82) is 0 Å². The van der Waals surface area contributed by atoms with Crippen LogP contribution < -0.4 is 9.62 Å². The van der Waals surface area contributed by atoms with Crippen molar-refractivity contribution < 1.29 is 12.8 Å². The molecule has 0 unspecified atom stereocenters. The Morgan fingerprint density at radius 3 is 2.62 bits per heavy atom. The fourth-order valence-corrected chi connectivity index (χ4v) is 3.91. The minimum atomic E-state index is -3.39. The van der Waals surface area contributed by atoms with Crippen LogP contribution in [0.3, 0.4) is 0 Å². The van der Waals surface area contributed by atoms with Crippen molar-refractivity contribution in [2.45, 2.75) is 0 Å². The Balaban J connectivity index is 1.68. The van der Waals surface area contributed by atoms with Crippen LogP contribution in [0.5, 0.6) is 0 Å². The van der Waals surface area contributed by atoms with Gasteiger partial charge in [-0.05, 0) is 12.1 Å². The monoisotopic (exact) mass is 347 g/mol. The molecule has 0 aliphatic carbocycles. The van der Waals surface area contributed by atoms with Gasteiger partial charge in [-0.15, -0.1) is 0 Å². The number of para-hydroxylation sites is 1. The number of hydrogen-bond acceptors (Lipinski definition) is 6. The number of fused-ring (bicyclic) bond motifs is 3. The molecule has 2 aromatic heterocycles. The van der Waals surface area contributed by atoms with Crippen LogP contribution in [-0.4, -0.2) is 55.9 Å². The smallest absolute Gasteiger partial charge is 0.279 e. The molecule has 1 aliphatic rings. The molecule has 4 rings (SSSR count). The number of nitrogens with zero attached hydrogens (tertiary/aromatic N) is 4. The molecule has 9 heteroatoms. The Kier molecular flexibility index (Phi) is 3.63. The molecule has 3 heterocycles. The highest BCUT2D eigenvalue weighted by atomic mass is 32.2. The molecular formula is C15H17N5O3S. The molecule has 0 radical (unpaired) electrons. The summed E-state index contributed by atoms with van der Waals surface area (Å²) in [4.78, 5) is 10.8. The Morgan fingerprint density at radius 2 is 1.88 bits per heavy atom. The van der Waals surface area contributed by atoms with E-state index in [9.17, 15) is 8.42 Å². The summed E-state index contributed by atoms with van der Waals surface area (Å²) >= 11 is 0. The first kappa shape index (κ1) is 15.3.